The molecule has 1 nitrogen and oxygen atoms in total. The topological polar surface area (TPSA) is 20.2 Å². The van der Waals surface area contributed by atoms with Crippen molar-refractivity contribution < 1.29 is 4.89 Å². The van der Waals surface area contributed by atoms with Crippen LogP contribution in [0.15, 0.2) is 18.2 Å². The predicted octanol–water partition coefficient (Wildman–Crippen LogP) is 4.82. The summed E-state index contributed by atoms with van der Waals surface area (Å²) < 4.78 is 0. The lowest BCUT2D eigenvalue weighted by molar-refractivity contribution is 0.585. The number of halogens is 1. The van der Waals surface area contributed by atoms with Crippen molar-refractivity contribution >= 4 is 46.4 Å². The first-order valence-electron chi connectivity index (χ1n) is 6.42. The molecule has 5 heteroatoms. The first-order chi connectivity index (χ1) is 8.38. The Morgan fingerprint density at radius 3 is 2.32 bits per heavy atom. The van der Waals surface area contributed by atoms with Crippen molar-refractivity contribution in [3.63, 3.8) is 0 Å². The summed E-state index contributed by atoms with van der Waals surface area (Å²) in [5.74, 6) is 1.58. The summed E-state index contributed by atoms with van der Waals surface area (Å²) in [5, 5.41) is 1.01. The van der Waals surface area contributed by atoms with Crippen LogP contribution in [0.1, 0.15) is 37.8 Å². The molecule has 1 N–H and O–H groups in total. The molecule has 110 valence electrons. The van der Waals surface area contributed by atoms with Crippen molar-refractivity contribution in [2.75, 3.05) is 5.75 Å². The molecule has 1 rings (SSSR count). The Morgan fingerprint density at radius 2 is 1.84 bits per heavy atom. The maximum absolute atomic E-state index is 10.7. The van der Waals surface area contributed by atoms with E-state index in [1.165, 1.54) is 12.8 Å². The molecule has 0 amide bonds. The average molecular weight is 339 g/mol. The summed E-state index contributed by atoms with van der Waals surface area (Å²) in [7, 11) is 0. The van der Waals surface area contributed by atoms with Gasteiger partial charge in [0.1, 0.15) is 5.47 Å². The number of hydrogen-bond acceptors (Lipinski definition) is 2. The molecular weight excluding hydrogens is 315 g/mol. The standard InChI is InChI=1S/C14H23OPS2.ClH/c1-5-7-11(2)10-18-16(15,17)14-12(3)8-6-9-13(14)4;/h6,8-9,11H,5,7,10H2,1-4H3,(H,15,17);1H. The van der Waals surface area contributed by atoms with E-state index >= 15 is 0 Å². The van der Waals surface area contributed by atoms with Gasteiger partial charge >= 0.3 is 0 Å². The highest BCUT2D eigenvalue weighted by Crippen LogP contribution is 2.55. The van der Waals surface area contributed by atoms with E-state index < -0.39 is 5.47 Å². The van der Waals surface area contributed by atoms with Crippen molar-refractivity contribution in [3.8, 4) is 0 Å². The summed E-state index contributed by atoms with van der Waals surface area (Å²) in [5.41, 5.74) is -0.204. The summed E-state index contributed by atoms with van der Waals surface area (Å²) >= 11 is 7.11. The molecule has 0 spiro atoms. The number of benzene rings is 1. The lowest BCUT2D eigenvalue weighted by Crippen LogP contribution is -2.11. The molecule has 2 atom stereocenters. The van der Waals surface area contributed by atoms with Crippen LogP contribution < -0.4 is 5.30 Å². The molecule has 0 aliphatic heterocycles. The quantitative estimate of drug-likeness (QED) is 0.751. The van der Waals surface area contributed by atoms with Crippen LogP contribution in [-0.2, 0) is 11.8 Å². The zero-order valence-corrected chi connectivity index (χ0v) is 15.4. The van der Waals surface area contributed by atoms with Crippen LogP contribution in [0.5, 0.6) is 0 Å². The molecule has 19 heavy (non-hydrogen) atoms. The zero-order valence-electron chi connectivity index (χ0n) is 12.0. The number of aryl methyl sites for hydroxylation is 2. The second kappa shape index (κ2) is 8.69. The van der Waals surface area contributed by atoms with Gasteiger partial charge in [0, 0.05) is 11.1 Å². The molecule has 0 bridgehead atoms. The Hall–Kier alpha value is 0.470. The maximum atomic E-state index is 10.7. The van der Waals surface area contributed by atoms with Gasteiger partial charge in [0.2, 0.25) is 0 Å². The smallest absolute Gasteiger partial charge is 0.146 e. The monoisotopic (exact) mass is 338 g/mol. The van der Waals surface area contributed by atoms with E-state index in [-0.39, 0.29) is 12.4 Å². The average Bonchev–Trinajstić information content (AvgIpc) is 2.26. The molecule has 2 unspecified atom stereocenters. The van der Waals surface area contributed by atoms with Gasteiger partial charge in [-0.3, -0.25) is 0 Å². The van der Waals surface area contributed by atoms with E-state index in [0.29, 0.717) is 5.92 Å². The van der Waals surface area contributed by atoms with E-state index in [1.807, 2.05) is 32.0 Å². The van der Waals surface area contributed by atoms with Crippen LogP contribution in [0.4, 0.5) is 0 Å². The Labute approximate surface area is 132 Å². The maximum Gasteiger partial charge on any atom is 0.146 e. The minimum Gasteiger partial charge on any atom is -0.354 e. The SMILES string of the molecule is CCCC(C)CSP(O)(=S)c1c(C)cccc1C.Cl. The fraction of sp³-hybridized carbons (Fsp3) is 0.571. The highest BCUT2D eigenvalue weighted by atomic mass is 35.5. The molecule has 0 aliphatic rings. The lowest BCUT2D eigenvalue weighted by Gasteiger charge is -2.21. The van der Waals surface area contributed by atoms with Gasteiger partial charge in [-0.15, -0.1) is 12.4 Å². The van der Waals surface area contributed by atoms with Gasteiger partial charge in [-0.2, -0.15) is 0 Å². The molecule has 0 saturated carbocycles. The molecule has 0 aromatic heterocycles. The van der Waals surface area contributed by atoms with Crippen LogP contribution in [0.2, 0.25) is 0 Å². The third-order valence-electron chi connectivity index (χ3n) is 3.04. The molecule has 0 saturated heterocycles. The highest BCUT2D eigenvalue weighted by molar-refractivity contribution is 8.71. The summed E-state index contributed by atoms with van der Waals surface area (Å²) in [6, 6.07) is 6.10. The van der Waals surface area contributed by atoms with E-state index in [2.05, 4.69) is 13.8 Å². The highest BCUT2D eigenvalue weighted by Gasteiger charge is 2.22. The number of hydrogen-bond donors (Lipinski definition) is 1. The van der Waals surface area contributed by atoms with Crippen LogP contribution in [0.25, 0.3) is 0 Å². The third kappa shape index (κ3) is 5.77. The van der Waals surface area contributed by atoms with Gasteiger partial charge in [-0.1, -0.05) is 68.1 Å². The van der Waals surface area contributed by atoms with Crippen LogP contribution in [0, 0.1) is 19.8 Å². The Kier molecular flexibility index (Phi) is 8.90. The van der Waals surface area contributed by atoms with Gasteiger partial charge in [0.05, 0.1) is 0 Å². The van der Waals surface area contributed by atoms with E-state index in [1.54, 1.807) is 11.4 Å². The Balaban J connectivity index is 0.00000324. The molecular formula is C14H24ClOPS2. The summed E-state index contributed by atoms with van der Waals surface area (Å²) in [6.45, 7) is 8.50. The second-order valence-corrected chi connectivity index (χ2v) is 11.7. The van der Waals surface area contributed by atoms with Gasteiger partial charge in [0.25, 0.3) is 0 Å². The van der Waals surface area contributed by atoms with Crippen molar-refractivity contribution in [2.45, 2.75) is 40.5 Å². The van der Waals surface area contributed by atoms with Gasteiger partial charge in [0.15, 0.2) is 0 Å². The van der Waals surface area contributed by atoms with Crippen molar-refractivity contribution in [2.24, 2.45) is 5.92 Å². The van der Waals surface area contributed by atoms with Crippen molar-refractivity contribution in [1.82, 2.24) is 0 Å². The first kappa shape index (κ1) is 19.5. The molecule has 0 radical (unpaired) electrons. The van der Waals surface area contributed by atoms with E-state index in [4.69, 9.17) is 11.8 Å². The predicted molar refractivity (Wildman–Crippen MR) is 95.8 cm³/mol. The van der Waals surface area contributed by atoms with Crippen molar-refractivity contribution in [3.05, 3.63) is 29.3 Å². The van der Waals surface area contributed by atoms with Gasteiger partial charge in [-0.05, 0) is 30.9 Å². The largest absolute Gasteiger partial charge is 0.354 e. The molecule has 0 aliphatic carbocycles. The van der Waals surface area contributed by atoms with Crippen LogP contribution in [0.3, 0.4) is 0 Å². The van der Waals surface area contributed by atoms with E-state index in [9.17, 15) is 4.89 Å². The van der Waals surface area contributed by atoms with Gasteiger partial charge in [-0.25, -0.2) is 0 Å². The molecule has 0 heterocycles. The zero-order chi connectivity index (χ0) is 13.8. The second-order valence-electron chi connectivity index (χ2n) is 4.95. The fourth-order valence-electron chi connectivity index (χ4n) is 2.12. The summed E-state index contributed by atoms with van der Waals surface area (Å²) in [6.07, 6.45) is 2.40. The van der Waals surface area contributed by atoms with Crippen molar-refractivity contribution in [1.29, 1.82) is 0 Å². The fourth-order valence-corrected chi connectivity index (χ4v) is 7.95. The minimum absolute atomic E-state index is 0. The normalized spacial score (nSPS) is 15.4. The van der Waals surface area contributed by atoms with E-state index in [0.717, 1.165) is 22.2 Å². The van der Waals surface area contributed by atoms with Crippen LogP contribution in [-0.4, -0.2) is 10.6 Å². The van der Waals surface area contributed by atoms with Crippen LogP contribution >= 0.6 is 29.3 Å². The molecule has 0 fully saturated rings. The Morgan fingerprint density at radius 1 is 1.32 bits per heavy atom. The third-order valence-corrected chi connectivity index (χ3v) is 8.92. The Bertz CT molecular complexity index is 431. The molecule has 1 aromatic carbocycles. The number of rotatable bonds is 6. The first-order valence-corrected chi connectivity index (χ1v) is 10.8. The summed E-state index contributed by atoms with van der Waals surface area (Å²) in [4.78, 5) is 10.7. The van der Waals surface area contributed by atoms with Gasteiger partial charge < -0.3 is 4.89 Å². The lowest BCUT2D eigenvalue weighted by atomic mass is 10.1. The minimum atomic E-state index is -2.45. The molecule has 1 aromatic rings.